The summed E-state index contributed by atoms with van der Waals surface area (Å²) in [5.74, 6) is 1.95. The van der Waals surface area contributed by atoms with Gasteiger partial charge in [-0.1, -0.05) is 0 Å². The molecular formula is C18H24N4OS. The molecule has 1 fully saturated rings. The van der Waals surface area contributed by atoms with E-state index in [9.17, 15) is 4.79 Å². The van der Waals surface area contributed by atoms with Gasteiger partial charge in [0.25, 0.3) is 5.91 Å². The second-order valence-corrected chi connectivity index (χ2v) is 7.75. The molecule has 2 aromatic heterocycles. The predicted molar refractivity (Wildman–Crippen MR) is 97.9 cm³/mol. The molecule has 0 aliphatic carbocycles. The van der Waals surface area contributed by atoms with Crippen LogP contribution in [-0.2, 0) is 0 Å². The SMILES string of the molecule is Cc1cc(N2CCC(N(C)C(=O)c3ccc(C)s3)CC2)nc(C)n1. The number of piperidine rings is 1. The second kappa shape index (κ2) is 6.89. The van der Waals surface area contributed by atoms with E-state index in [2.05, 4.69) is 14.9 Å². The van der Waals surface area contributed by atoms with Gasteiger partial charge in [-0.2, -0.15) is 0 Å². The van der Waals surface area contributed by atoms with Crippen molar-refractivity contribution in [3.05, 3.63) is 39.5 Å². The van der Waals surface area contributed by atoms with Gasteiger partial charge in [-0.25, -0.2) is 9.97 Å². The van der Waals surface area contributed by atoms with Crippen LogP contribution in [-0.4, -0.2) is 47.0 Å². The molecule has 0 N–H and O–H groups in total. The zero-order valence-electron chi connectivity index (χ0n) is 14.7. The topological polar surface area (TPSA) is 49.3 Å². The lowest BCUT2D eigenvalue weighted by atomic mass is 10.0. The predicted octanol–water partition coefficient (Wildman–Crippen LogP) is 3.20. The summed E-state index contributed by atoms with van der Waals surface area (Å²) in [5, 5.41) is 0. The maximum Gasteiger partial charge on any atom is 0.263 e. The van der Waals surface area contributed by atoms with Crippen molar-refractivity contribution >= 4 is 23.1 Å². The van der Waals surface area contributed by atoms with Crippen LogP contribution in [0.1, 0.15) is 38.9 Å². The van der Waals surface area contributed by atoms with Crippen LogP contribution in [0.5, 0.6) is 0 Å². The van der Waals surface area contributed by atoms with E-state index in [0.717, 1.165) is 48.1 Å². The van der Waals surface area contributed by atoms with Gasteiger partial charge in [0.05, 0.1) is 4.88 Å². The number of hydrogen-bond acceptors (Lipinski definition) is 5. The van der Waals surface area contributed by atoms with Crippen LogP contribution in [0.15, 0.2) is 18.2 Å². The average molecular weight is 344 g/mol. The van der Waals surface area contributed by atoms with Crippen LogP contribution in [0.25, 0.3) is 0 Å². The lowest BCUT2D eigenvalue weighted by Crippen LogP contribution is -2.45. The third-order valence-corrected chi connectivity index (χ3v) is 5.55. The monoisotopic (exact) mass is 344 g/mol. The van der Waals surface area contributed by atoms with E-state index < -0.39 is 0 Å². The maximum atomic E-state index is 12.6. The number of thiophene rings is 1. The fraction of sp³-hybridized carbons (Fsp3) is 0.500. The number of aryl methyl sites for hydroxylation is 3. The minimum atomic E-state index is 0.139. The molecule has 1 aliphatic rings. The number of carbonyl (C=O) groups is 1. The Labute approximate surface area is 147 Å². The summed E-state index contributed by atoms with van der Waals surface area (Å²) in [5.41, 5.74) is 1.000. The number of rotatable bonds is 3. The van der Waals surface area contributed by atoms with Crippen LogP contribution in [0.2, 0.25) is 0 Å². The number of aromatic nitrogens is 2. The van der Waals surface area contributed by atoms with Crippen molar-refractivity contribution in [1.82, 2.24) is 14.9 Å². The molecule has 0 bridgehead atoms. The van der Waals surface area contributed by atoms with E-state index in [4.69, 9.17) is 0 Å². The van der Waals surface area contributed by atoms with E-state index in [-0.39, 0.29) is 5.91 Å². The van der Waals surface area contributed by atoms with Crippen LogP contribution in [0.3, 0.4) is 0 Å². The Bertz CT molecular complexity index is 714. The molecule has 1 amide bonds. The summed E-state index contributed by atoms with van der Waals surface area (Å²) in [7, 11) is 1.93. The third kappa shape index (κ3) is 3.59. The van der Waals surface area contributed by atoms with Crippen LogP contribution in [0, 0.1) is 20.8 Å². The van der Waals surface area contributed by atoms with Crippen molar-refractivity contribution < 1.29 is 4.79 Å². The third-order valence-electron chi connectivity index (χ3n) is 4.56. The van der Waals surface area contributed by atoms with Gasteiger partial charge in [-0.05, 0) is 45.7 Å². The zero-order valence-corrected chi connectivity index (χ0v) is 15.6. The Morgan fingerprint density at radius 3 is 2.50 bits per heavy atom. The zero-order chi connectivity index (χ0) is 17.3. The molecule has 0 spiro atoms. The molecule has 128 valence electrons. The number of hydrogen-bond donors (Lipinski definition) is 0. The average Bonchev–Trinajstić information content (AvgIpc) is 2.99. The smallest absolute Gasteiger partial charge is 0.263 e. The highest BCUT2D eigenvalue weighted by molar-refractivity contribution is 7.13. The largest absolute Gasteiger partial charge is 0.356 e. The van der Waals surface area contributed by atoms with E-state index in [0.29, 0.717) is 6.04 Å². The summed E-state index contributed by atoms with van der Waals surface area (Å²) in [6.07, 6.45) is 1.93. The van der Waals surface area contributed by atoms with E-state index in [1.807, 2.05) is 50.9 Å². The summed E-state index contributed by atoms with van der Waals surface area (Å²) in [4.78, 5) is 27.7. The molecule has 24 heavy (non-hydrogen) atoms. The Morgan fingerprint density at radius 2 is 1.92 bits per heavy atom. The molecule has 1 saturated heterocycles. The van der Waals surface area contributed by atoms with Gasteiger partial charge in [0.15, 0.2) is 0 Å². The first-order chi connectivity index (χ1) is 11.4. The highest BCUT2D eigenvalue weighted by Gasteiger charge is 2.27. The molecule has 1 aliphatic heterocycles. The quantitative estimate of drug-likeness (QED) is 0.858. The van der Waals surface area contributed by atoms with Gasteiger partial charge in [-0.15, -0.1) is 11.3 Å². The Hall–Kier alpha value is -1.95. The van der Waals surface area contributed by atoms with E-state index >= 15 is 0 Å². The van der Waals surface area contributed by atoms with Gasteiger partial charge in [-0.3, -0.25) is 4.79 Å². The molecule has 3 rings (SSSR count). The number of anilines is 1. The first kappa shape index (κ1) is 16.9. The van der Waals surface area contributed by atoms with Gasteiger partial charge in [0.1, 0.15) is 11.6 Å². The Kier molecular flexibility index (Phi) is 4.85. The van der Waals surface area contributed by atoms with Crippen molar-refractivity contribution in [3.63, 3.8) is 0 Å². The minimum Gasteiger partial charge on any atom is -0.356 e. The summed E-state index contributed by atoms with van der Waals surface area (Å²) in [6.45, 7) is 7.80. The van der Waals surface area contributed by atoms with Crippen molar-refractivity contribution in [2.45, 2.75) is 39.7 Å². The molecule has 0 radical (unpaired) electrons. The Morgan fingerprint density at radius 1 is 1.21 bits per heavy atom. The second-order valence-electron chi connectivity index (χ2n) is 6.46. The lowest BCUT2D eigenvalue weighted by Gasteiger charge is -2.37. The standard InChI is InChI=1S/C18H24N4OS/c1-12-11-17(20-14(3)19-12)22-9-7-15(8-10-22)21(4)18(23)16-6-5-13(2)24-16/h5-6,11,15H,7-10H2,1-4H3. The first-order valence-electron chi connectivity index (χ1n) is 8.35. The van der Waals surface area contributed by atoms with Crippen molar-refractivity contribution in [2.24, 2.45) is 0 Å². The van der Waals surface area contributed by atoms with Crippen LogP contribution >= 0.6 is 11.3 Å². The van der Waals surface area contributed by atoms with Gasteiger partial charge in [0.2, 0.25) is 0 Å². The molecule has 5 nitrogen and oxygen atoms in total. The van der Waals surface area contributed by atoms with Crippen LogP contribution in [0.4, 0.5) is 5.82 Å². The molecule has 0 unspecified atom stereocenters. The Balaban J connectivity index is 1.63. The molecule has 6 heteroatoms. The fourth-order valence-corrected chi connectivity index (χ4v) is 4.08. The fourth-order valence-electron chi connectivity index (χ4n) is 3.23. The summed E-state index contributed by atoms with van der Waals surface area (Å²) >= 11 is 1.57. The first-order valence-corrected chi connectivity index (χ1v) is 9.16. The number of nitrogens with zero attached hydrogens (tertiary/aromatic N) is 4. The van der Waals surface area contributed by atoms with Crippen molar-refractivity contribution in [3.8, 4) is 0 Å². The molecule has 0 saturated carbocycles. The highest BCUT2D eigenvalue weighted by atomic mass is 32.1. The van der Waals surface area contributed by atoms with Crippen molar-refractivity contribution in [1.29, 1.82) is 0 Å². The normalized spacial score (nSPS) is 15.6. The van der Waals surface area contributed by atoms with Gasteiger partial charge in [0, 0.05) is 42.8 Å². The molecule has 0 atom stereocenters. The van der Waals surface area contributed by atoms with Gasteiger partial charge >= 0.3 is 0 Å². The summed E-state index contributed by atoms with van der Waals surface area (Å²) < 4.78 is 0. The molecule has 0 aromatic carbocycles. The van der Waals surface area contributed by atoms with Crippen LogP contribution < -0.4 is 4.90 Å². The molecule has 3 heterocycles. The summed E-state index contributed by atoms with van der Waals surface area (Å²) in [6, 6.07) is 6.27. The van der Waals surface area contributed by atoms with E-state index in [1.54, 1.807) is 11.3 Å². The number of amides is 1. The maximum absolute atomic E-state index is 12.6. The van der Waals surface area contributed by atoms with Crippen molar-refractivity contribution in [2.75, 3.05) is 25.0 Å². The molecule has 2 aromatic rings. The number of carbonyl (C=O) groups excluding carboxylic acids is 1. The van der Waals surface area contributed by atoms with E-state index in [1.165, 1.54) is 4.88 Å². The van der Waals surface area contributed by atoms with Gasteiger partial charge < -0.3 is 9.80 Å². The lowest BCUT2D eigenvalue weighted by molar-refractivity contribution is 0.0714. The minimum absolute atomic E-state index is 0.139. The highest BCUT2D eigenvalue weighted by Crippen LogP contribution is 2.24. The molecular weight excluding hydrogens is 320 g/mol.